The van der Waals surface area contributed by atoms with Gasteiger partial charge >= 0.3 is 0 Å². The number of nitrogens with one attached hydrogen (secondary N) is 1. The number of aromatic nitrogens is 2. The van der Waals surface area contributed by atoms with Crippen LogP contribution in [0, 0.1) is 5.92 Å². The molecule has 1 aromatic rings. The average Bonchev–Trinajstić information content (AvgIpc) is 2.75. The zero-order chi connectivity index (χ0) is 10.5. The van der Waals surface area contributed by atoms with Crippen molar-refractivity contribution in [2.75, 3.05) is 19.7 Å². The highest BCUT2D eigenvalue weighted by atomic mass is 16.5. The van der Waals surface area contributed by atoms with Crippen molar-refractivity contribution in [3.8, 4) is 0 Å². The monoisotopic (exact) mass is 207 g/mol. The van der Waals surface area contributed by atoms with Crippen LogP contribution in [-0.2, 0) is 4.74 Å². The van der Waals surface area contributed by atoms with E-state index in [0.29, 0.717) is 5.92 Å². The maximum Gasteiger partial charge on any atom is 0.115 e. The topological polar surface area (TPSA) is 47.0 Å². The second-order valence-corrected chi connectivity index (χ2v) is 3.78. The maximum absolute atomic E-state index is 5.72. The third-order valence-corrected chi connectivity index (χ3v) is 2.77. The summed E-state index contributed by atoms with van der Waals surface area (Å²) >= 11 is 0. The molecule has 2 atom stereocenters. The molecule has 2 rings (SSSR count). The summed E-state index contributed by atoms with van der Waals surface area (Å²) in [6.45, 7) is 4.97. The van der Waals surface area contributed by atoms with Crippen LogP contribution in [0.5, 0.6) is 0 Å². The lowest BCUT2D eigenvalue weighted by Gasteiger charge is -2.17. The molecule has 1 aromatic heterocycles. The molecule has 82 valence electrons. The lowest BCUT2D eigenvalue weighted by atomic mass is 9.99. The Balaban J connectivity index is 2.01. The summed E-state index contributed by atoms with van der Waals surface area (Å²) < 4.78 is 5.72. The Morgan fingerprint density at radius 2 is 2.53 bits per heavy atom. The molecule has 1 aliphatic heterocycles. The Kier molecular flexibility index (Phi) is 3.64. The van der Waals surface area contributed by atoms with E-state index in [1.807, 2.05) is 6.07 Å². The van der Waals surface area contributed by atoms with Crippen LogP contribution >= 0.6 is 0 Å². The van der Waals surface area contributed by atoms with E-state index in [-0.39, 0.29) is 6.10 Å². The van der Waals surface area contributed by atoms with Crippen LogP contribution in [0.15, 0.2) is 18.6 Å². The van der Waals surface area contributed by atoms with Gasteiger partial charge in [0, 0.05) is 25.3 Å². The largest absolute Gasteiger partial charge is 0.372 e. The molecule has 0 aromatic carbocycles. The van der Waals surface area contributed by atoms with Crippen LogP contribution in [0.3, 0.4) is 0 Å². The Labute approximate surface area is 90.1 Å². The van der Waals surface area contributed by atoms with E-state index in [1.165, 1.54) is 0 Å². The first-order valence-electron chi connectivity index (χ1n) is 5.50. The van der Waals surface area contributed by atoms with Crippen LogP contribution in [0.25, 0.3) is 0 Å². The van der Waals surface area contributed by atoms with Crippen molar-refractivity contribution in [2.45, 2.75) is 19.4 Å². The van der Waals surface area contributed by atoms with Crippen LogP contribution in [0.4, 0.5) is 0 Å². The molecule has 0 saturated carbocycles. The van der Waals surface area contributed by atoms with Gasteiger partial charge in [-0.05, 0) is 19.0 Å². The van der Waals surface area contributed by atoms with E-state index < -0.39 is 0 Å². The fourth-order valence-electron chi connectivity index (χ4n) is 1.97. The molecular formula is C11H17N3O. The molecule has 2 unspecified atom stereocenters. The summed E-state index contributed by atoms with van der Waals surface area (Å²) in [4.78, 5) is 8.18. The van der Waals surface area contributed by atoms with Crippen molar-refractivity contribution in [1.82, 2.24) is 15.3 Å². The van der Waals surface area contributed by atoms with Gasteiger partial charge in [0.05, 0.1) is 5.69 Å². The Morgan fingerprint density at radius 1 is 1.60 bits per heavy atom. The van der Waals surface area contributed by atoms with Gasteiger partial charge in [0.1, 0.15) is 12.4 Å². The van der Waals surface area contributed by atoms with Crippen molar-refractivity contribution in [3.05, 3.63) is 24.3 Å². The summed E-state index contributed by atoms with van der Waals surface area (Å²) in [5, 5.41) is 3.37. The fraction of sp³-hybridized carbons (Fsp3) is 0.636. The van der Waals surface area contributed by atoms with Gasteiger partial charge in [-0.1, -0.05) is 6.92 Å². The average molecular weight is 207 g/mol. The van der Waals surface area contributed by atoms with E-state index in [2.05, 4.69) is 22.2 Å². The summed E-state index contributed by atoms with van der Waals surface area (Å²) in [6.07, 6.45) is 4.61. The minimum absolute atomic E-state index is 0.145. The zero-order valence-electron chi connectivity index (χ0n) is 9.02. The van der Waals surface area contributed by atoms with E-state index in [4.69, 9.17) is 4.74 Å². The van der Waals surface area contributed by atoms with Crippen molar-refractivity contribution in [3.63, 3.8) is 0 Å². The van der Waals surface area contributed by atoms with Crippen LogP contribution < -0.4 is 5.32 Å². The van der Waals surface area contributed by atoms with Gasteiger partial charge in [0.2, 0.25) is 0 Å². The quantitative estimate of drug-likeness (QED) is 0.805. The van der Waals surface area contributed by atoms with Gasteiger partial charge in [-0.15, -0.1) is 0 Å². The lowest BCUT2D eigenvalue weighted by Crippen LogP contribution is -2.24. The summed E-state index contributed by atoms with van der Waals surface area (Å²) in [5.41, 5.74) is 1.01. The predicted octanol–water partition coefficient (Wildman–Crippen LogP) is 1.16. The molecule has 15 heavy (non-hydrogen) atoms. The maximum atomic E-state index is 5.72. The van der Waals surface area contributed by atoms with Gasteiger partial charge in [0.15, 0.2) is 0 Å². The van der Waals surface area contributed by atoms with Crippen LogP contribution in [-0.4, -0.2) is 29.7 Å². The molecule has 4 heteroatoms. The van der Waals surface area contributed by atoms with E-state index in [0.717, 1.165) is 31.8 Å². The summed E-state index contributed by atoms with van der Waals surface area (Å²) in [6, 6.07) is 1.94. The van der Waals surface area contributed by atoms with Gasteiger partial charge in [-0.2, -0.15) is 0 Å². The highest BCUT2D eigenvalue weighted by Gasteiger charge is 2.29. The first-order chi connectivity index (χ1) is 7.42. The molecule has 0 aliphatic carbocycles. The first kappa shape index (κ1) is 10.5. The highest BCUT2D eigenvalue weighted by molar-refractivity contribution is 5.05. The number of hydrogen-bond acceptors (Lipinski definition) is 4. The zero-order valence-corrected chi connectivity index (χ0v) is 9.02. The summed E-state index contributed by atoms with van der Waals surface area (Å²) in [5.74, 6) is 0.542. The molecule has 1 N–H and O–H groups in total. The van der Waals surface area contributed by atoms with Gasteiger partial charge < -0.3 is 10.1 Å². The van der Waals surface area contributed by atoms with Crippen molar-refractivity contribution in [2.24, 2.45) is 5.92 Å². The molecule has 0 amide bonds. The SMILES string of the molecule is CCNCC1CCOC1c1ccncn1. The van der Waals surface area contributed by atoms with E-state index >= 15 is 0 Å². The number of ether oxygens (including phenoxy) is 1. The third kappa shape index (κ3) is 2.52. The molecule has 1 fully saturated rings. The first-order valence-corrected chi connectivity index (χ1v) is 5.50. The molecule has 1 saturated heterocycles. The number of rotatable bonds is 4. The minimum Gasteiger partial charge on any atom is -0.372 e. The van der Waals surface area contributed by atoms with Crippen LogP contribution in [0.1, 0.15) is 25.1 Å². The lowest BCUT2D eigenvalue weighted by molar-refractivity contribution is 0.0871. The highest BCUT2D eigenvalue weighted by Crippen LogP contribution is 2.32. The van der Waals surface area contributed by atoms with E-state index in [9.17, 15) is 0 Å². The van der Waals surface area contributed by atoms with E-state index in [1.54, 1.807) is 12.5 Å². The molecule has 2 heterocycles. The Hall–Kier alpha value is -1.00. The smallest absolute Gasteiger partial charge is 0.115 e. The molecule has 4 nitrogen and oxygen atoms in total. The normalized spacial score (nSPS) is 25.7. The van der Waals surface area contributed by atoms with Crippen LogP contribution in [0.2, 0.25) is 0 Å². The number of nitrogens with zero attached hydrogens (tertiary/aromatic N) is 2. The number of hydrogen-bond donors (Lipinski definition) is 1. The molecular weight excluding hydrogens is 190 g/mol. The fourth-order valence-corrected chi connectivity index (χ4v) is 1.97. The third-order valence-electron chi connectivity index (χ3n) is 2.77. The Bertz CT molecular complexity index is 291. The van der Waals surface area contributed by atoms with Gasteiger partial charge in [0.25, 0.3) is 0 Å². The van der Waals surface area contributed by atoms with Crippen molar-refractivity contribution >= 4 is 0 Å². The summed E-state index contributed by atoms with van der Waals surface area (Å²) in [7, 11) is 0. The van der Waals surface area contributed by atoms with Crippen molar-refractivity contribution < 1.29 is 4.74 Å². The molecule has 0 spiro atoms. The Morgan fingerprint density at radius 3 is 3.27 bits per heavy atom. The second-order valence-electron chi connectivity index (χ2n) is 3.78. The standard InChI is InChI=1S/C11H17N3O/c1-2-12-7-9-4-6-15-11(9)10-3-5-13-8-14-10/h3,5,8-9,11-12H,2,4,6-7H2,1H3. The van der Waals surface area contributed by atoms with Gasteiger partial charge in [-0.25, -0.2) is 9.97 Å². The minimum atomic E-state index is 0.145. The molecule has 1 aliphatic rings. The molecule has 0 radical (unpaired) electrons. The van der Waals surface area contributed by atoms with Crippen molar-refractivity contribution in [1.29, 1.82) is 0 Å². The second kappa shape index (κ2) is 5.19. The predicted molar refractivity (Wildman–Crippen MR) is 57.4 cm³/mol. The molecule has 0 bridgehead atoms. The van der Waals surface area contributed by atoms with Gasteiger partial charge in [-0.3, -0.25) is 0 Å².